The van der Waals surface area contributed by atoms with E-state index in [2.05, 4.69) is 26.1 Å². The molecule has 0 radical (unpaired) electrons. The summed E-state index contributed by atoms with van der Waals surface area (Å²) in [6.07, 6.45) is 3.83. The Morgan fingerprint density at radius 3 is 2.78 bits per heavy atom. The van der Waals surface area contributed by atoms with Gasteiger partial charge in [-0.1, -0.05) is 22.0 Å². The number of hydrogen-bond acceptors (Lipinski definition) is 3. The number of fused-ring (bicyclic) bond motifs is 1. The van der Waals surface area contributed by atoms with Gasteiger partial charge in [-0.05, 0) is 12.1 Å². The fourth-order valence-corrected chi connectivity index (χ4v) is 2.35. The molecule has 18 heavy (non-hydrogen) atoms. The Morgan fingerprint density at radius 1 is 1.22 bits per heavy atom. The monoisotopic (exact) mass is 306 g/mol. The molecule has 0 aliphatic carbocycles. The Kier molecular flexibility index (Phi) is 2.59. The third kappa shape index (κ3) is 1.69. The highest BCUT2D eigenvalue weighted by Gasteiger charge is 2.12. The maximum atomic E-state index is 5.24. The van der Waals surface area contributed by atoms with Crippen LogP contribution in [0.25, 0.3) is 16.6 Å². The molecule has 0 saturated heterocycles. The number of nitrogens with zero attached hydrogens (tertiary/aromatic N) is 4. The molecule has 92 valence electrons. The molecule has 2 aromatic heterocycles. The average Bonchev–Trinajstić information content (AvgIpc) is 2.92. The summed E-state index contributed by atoms with van der Waals surface area (Å²) < 4.78 is 9.75. The van der Waals surface area contributed by atoms with Gasteiger partial charge in [-0.3, -0.25) is 4.68 Å². The predicted molar refractivity (Wildman–Crippen MR) is 72.1 cm³/mol. The number of benzene rings is 1. The lowest BCUT2D eigenvalue weighted by Gasteiger charge is -1.98. The Bertz CT molecular complexity index is 716. The molecule has 6 heteroatoms. The summed E-state index contributed by atoms with van der Waals surface area (Å²) in [5.74, 6) is 0.557. The minimum absolute atomic E-state index is 0.557. The van der Waals surface area contributed by atoms with Crippen LogP contribution in [0.1, 0.15) is 0 Å². The number of aryl methyl sites for hydroxylation is 1. The number of halogens is 1. The van der Waals surface area contributed by atoms with Crippen molar-refractivity contribution in [1.29, 1.82) is 0 Å². The van der Waals surface area contributed by atoms with Gasteiger partial charge in [0.15, 0.2) is 0 Å². The van der Waals surface area contributed by atoms with Crippen LogP contribution in [0.5, 0.6) is 5.88 Å². The second-order valence-corrected chi connectivity index (χ2v) is 4.80. The summed E-state index contributed by atoms with van der Waals surface area (Å²) in [5, 5.41) is 9.80. The third-order valence-electron chi connectivity index (χ3n) is 2.71. The van der Waals surface area contributed by atoms with E-state index in [4.69, 9.17) is 4.74 Å². The predicted octanol–water partition coefficient (Wildman–Crippen LogP) is 2.53. The number of hydrogen-bond donors (Lipinski definition) is 0. The van der Waals surface area contributed by atoms with Crippen LogP contribution in [0.2, 0.25) is 0 Å². The van der Waals surface area contributed by atoms with Crippen molar-refractivity contribution >= 4 is 26.8 Å². The van der Waals surface area contributed by atoms with Crippen molar-refractivity contribution in [1.82, 2.24) is 19.6 Å². The van der Waals surface area contributed by atoms with Crippen LogP contribution in [0, 0.1) is 0 Å². The van der Waals surface area contributed by atoms with Crippen LogP contribution in [0.15, 0.2) is 35.1 Å². The second-order valence-electron chi connectivity index (χ2n) is 3.94. The molecule has 5 nitrogen and oxygen atoms in total. The molecule has 0 aliphatic heterocycles. The minimum atomic E-state index is 0.557. The quantitative estimate of drug-likeness (QED) is 0.731. The van der Waals surface area contributed by atoms with Gasteiger partial charge in [-0.2, -0.15) is 5.10 Å². The molecule has 0 N–H and O–H groups in total. The summed E-state index contributed by atoms with van der Waals surface area (Å²) in [4.78, 5) is 0. The van der Waals surface area contributed by atoms with E-state index >= 15 is 0 Å². The fourth-order valence-electron chi connectivity index (χ4n) is 1.89. The van der Waals surface area contributed by atoms with E-state index in [-0.39, 0.29) is 0 Å². The lowest BCUT2D eigenvalue weighted by atomic mass is 10.3. The van der Waals surface area contributed by atoms with Crippen LogP contribution >= 0.6 is 15.9 Å². The molecule has 0 atom stereocenters. The Hall–Kier alpha value is -1.82. The zero-order chi connectivity index (χ0) is 12.7. The van der Waals surface area contributed by atoms with Crippen molar-refractivity contribution in [2.24, 2.45) is 7.05 Å². The Morgan fingerprint density at radius 2 is 2.06 bits per heavy atom. The molecule has 0 saturated carbocycles. The molecule has 1 aromatic carbocycles. The van der Waals surface area contributed by atoms with E-state index in [0.717, 1.165) is 21.1 Å². The van der Waals surface area contributed by atoms with Crippen molar-refractivity contribution in [3.8, 4) is 11.6 Å². The van der Waals surface area contributed by atoms with Gasteiger partial charge in [0.1, 0.15) is 5.69 Å². The first kappa shape index (κ1) is 11.3. The van der Waals surface area contributed by atoms with Gasteiger partial charge in [0.25, 0.3) is 5.88 Å². The van der Waals surface area contributed by atoms with Gasteiger partial charge in [0, 0.05) is 23.1 Å². The maximum Gasteiger partial charge on any atom is 0.258 e. The molecular weight excluding hydrogens is 296 g/mol. The first-order chi connectivity index (χ1) is 8.69. The summed E-state index contributed by atoms with van der Waals surface area (Å²) in [7, 11) is 3.45. The normalized spacial score (nSPS) is 11.1. The first-order valence-electron chi connectivity index (χ1n) is 5.41. The highest BCUT2D eigenvalue weighted by Crippen LogP contribution is 2.26. The van der Waals surface area contributed by atoms with E-state index in [1.165, 1.54) is 0 Å². The molecule has 0 bridgehead atoms. The van der Waals surface area contributed by atoms with Gasteiger partial charge in [0.2, 0.25) is 0 Å². The summed E-state index contributed by atoms with van der Waals surface area (Å²) in [6.45, 7) is 0. The van der Waals surface area contributed by atoms with E-state index in [1.807, 2.05) is 37.6 Å². The van der Waals surface area contributed by atoms with Gasteiger partial charge < -0.3 is 4.74 Å². The lowest BCUT2D eigenvalue weighted by Crippen LogP contribution is -1.95. The van der Waals surface area contributed by atoms with Gasteiger partial charge in [-0.15, -0.1) is 5.10 Å². The molecular formula is C12H11BrN4O. The summed E-state index contributed by atoms with van der Waals surface area (Å²) in [6, 6.07) is 5.93. The highest BCUT2D eigenvalue weighted by atomic mass is 79.9. The first-order valence-corrected chi connectivity index (χ1v) is 6.20. The molecule has 3 aromatic rings. The Balaban J connectivity index is 2.22. The van der Waals surface area contributed by atoms with E-state index in [1.54, 1.807) is 16.5 Å². The Labute approximate surface area is 112 Å². The van der Waals surface area contributed by atoms with E-state index in [0.29, 0.717) is 5.88 Å². The van der Waals surface area contributed by atoms with Gasteiger partial charge >= 0.3 is 0 Å². The van der Waals surface area contributed by atoms with Crippen LogP contribution in [0.3, 0.4) is 0 Å². The van der Waals surface area contributed by atoms with Gasteiger partial charge in [-0.25, -0.2) is 4.68 Å². The largest absolute Gasteiger partial charge is 0.478 e. The molecule has 0 aliphatic rings. The molecule has 3 rings (SSSR count). The maximum absolute atomic E-state index is 5.24. The van der Waals surface area contributed by atoms with Crippen LogP contribution in [0.4, 0.5) is 0 Å². The fraction of sp³-hybridized carbons (Fsp3) is 0.167. The second kappa shape index (κ2) is 4.13. The summed E-state index contributed by atoms with van der Waals surface area (Å²) >= 11 is 3.52. The summed E-state index contributed by atoms with van der Waals surface area (Å²) in [5.41, 5.74) is 1.75. The molecule has 0 fully saturated rings. The number of ether oxygens (including phenoxy) is 1. The number of rotatable bonds is 2. The topological polar surface area (TPSA) is 44.9 Å². The molecule has 0 unspecified atom stereocenters. The third-order valence-corrected chi connectivity index (χ3v) is 3.41. The molecule has 2 heterocycles. The van der Waals surface area contributed by atoms with Crippen LogP contribution in [-0.4, -0.2) is 26.7 Å². The van der Waals surface area contributed by atoms with E-state index in [9.17, 15) is 0 Å². The van der Waals surface area contributed by atoms with Crippen LogP contribution in [-0.2, 0) is 7.05 Å². The lowest BCUT2D eigenvalue weighted by molar-refractivity contribution is 0.389. The van der Waals surface area contributed by atoms with Crippen molar-refractivity contribution in [2.45, 2.75) is 0 Å². The smallest absolute Gasteiger partial charge is 0.258 e. The number of methoxy groups -OCH3 is 1. The standard InChI is InChI=1S/C12H11BrN4O/c1-16-7-11(12(15-16)18-2)17-6-8-9(13)4-3-5-10(8)14-17/h3-7H,1-2H3. The highest BCUT2D eigenvalue weighted by molar-refractivity contribution is 9.10. The van der Waals surface area contributed by atoms with E-state index < -0.39 is 0 Å². The zero-order valence-electron chi connectivity index (χ0n) is 9.96. The van der Waals surface area contributed by atoms with Crippen LogP contribution < -0.4 is 4.74 Å². The minimum Gasteiger partial charge on any atom is -0.478 e. The van der Waals surface area contributed by atoms with Crippen molar-refractivity contribution in [3.63, 3.8) is 0 Å². The average molecular weight is 307 g/mol. The number of aromatic nitrogens is 4. The van der Waals surface area contributed by atoms with Gasteiger partial charge in [0.05, 0.1) is 18.8 Å². The molecule has 0 amide bonds. The SMILES string of the molecule is COc1nn(C)cc1-n1cc2c(Br)cccc2n1. The molecule has 0 spiro atoms. The zero-order valence-corrected chi connectivity index (χ0v) is 11.5. The van der Waals surface area contributed by atoms with Crippen molar-refractivity contribution in [3.05, 3.63) is 35.1 Å². The van der Waals surface area contributed by atoms with Crippen molar-refractivity contribution < 1.29 is 4.74 Å². The van der Waals surface area contributed by atoms with Crippen molar-refractivity contribution in [2.75, 3.05) is 7.11 Å².